The normalized spacial score (nSPS) is 20.1. The Morgan fingerprint density at radius 2 is 1.57 bits per heavy atom. The average Bonchev–Trinajstić information content (AvgIpc) is 3.23. The summed E-state index contributed by atoms with van der Waals surface area (Å²) < 4.78 is 7.97. The van der Waals surface area contributed by atoms with Crippen molar-refractivity contribution in [1.29, 1.82) is 0 Å². The fourth-order valence-electron chi connectivity index (χ4n) is 2.88. The van der Waals surface area contributed by atoms with E-state index in [-0.39, 0.29) is 12.1 Å². The van der Waals surface area contributed by atoms with Gasteiger partial charge in [0.05, 0.1) is 11.8 Å². The second-order valence-electron chi connectivity index (χ2n) is 5.64. The fraction of sp³-hybridized carbons (Fsp3) is 0.158. The Hall–Kier alpha value is -2.88. The molecule has 23 heavy (non-hydrogen) atoms. The van der Waals surface area contributed by atoms with Crippen LogP contribution in [-0.2, 0) is 11.8 Å². The van der Waals surface area contributed by atoms with Crippen LogP contribution in [0.25, 0.3) is 0 Å². The number of aromatic nitrogens is 2. The summed E-state index contributed by atoms with van der Waals surface area (Å²) in [5, 5.41) is 4.21. The molecular formula is C19H17N3O. The van der Waals surface area contributed by atoms with Crippen molar-refractivity contribution in [3.05, 3.63) is 89.7 Å². The molecule has 0 bridgehead atoms. The van der Waals surface area contributed by atoms with E-state index >= 15 is 0 Å². The first kappa shape index (κ1) is 13.8. The van der Waals surface area contributed by atoms with Gasteiger partial charge in [-0.1, -0.05) is 60.7 Å². The molecule has 4 rings (SSSR count). The molecular weight excluding hydrogens is 286 g/mol. The molecule has 2 atom stereocenters. The van der Waals surface area contributed by atoms with E-state index < -0.39 is 0 Å². The van der Waals surface area contributed by atoms with Gasteiger partial charge in [0.25, 0.3) is 0 Å². The lowest BCUT2D eigenvalue weighted by molar-refractivity contribution is 0.197. The highest BCUT2D eigenvalue weighted by Crippen LogP contribution is 2.40. The largest absolute Gasteiger partial charge is 0.467 e. The zero-order valence-electron chi connectivity index (χ0n) is 12.8. The molecule has 0 N–H and O–H groups in total. The quantitative estimate of drug-likeness (QED) is 0.740. The Labute approximate surface area is 135 Å². The van der Waals surface area contributed by atoms with Crippen molar-refractivity contribution in [1.82, 2.24) is 9.78 Å². The molecule has 0 spiro atoms. The summed E-state index contributed by atoms with van der Waals surface area (Å²) in [5.74, 6) is 0.654. The summed E-state index contributed by atoms with van der Waals surface area (Å²) in [6.07, 6.45) is 3.59. The minimum Gasteiger partial charge on any atom is -0.467 e. The number of ether oxygens (including phenoxy) is 1. The number of rotatable bonds is 3. The summed E-state index contributed by atoms with van der Waals surface area (Å²) in [4.78, 5) is 4.84. The van der Waals surface area contributed by atoms with Crippen LogP contribution in [0, 0.1) is 0 Å². The van der Waals surface area contributed by atoms with E-state index in [4.69, 9.17) is 9.73 Å². The van der Waals surface area contributed by atoms with Gasteiger partial charge in [0.1, 0.15) is 6.04 Å². The molecule has 0 fully saturated rings. The van der Waals surface area contributed by atoms with Crippen molar-refractivity contribution in [2.24, 2.45) is 12.0 Å². The molecule has 0 saturated heterocycles. The Morgan fingerprint density at radius 3 is 2.17 bits per heavy atom. The van der Waals surface area contributed by atoms with Gasteiger partial charge >= 0.3 is 0 Å². The highest BCUT2D eigenvalue weighted by Gasteiger charge is 2.34. The van der Waals surface area contributed by atoms with Gasteiger partial charge in [0, 0.05) is 13.2 Å². The van der Waals surface area contributed by atoms with Crippen LogP contribution < -0.4 is 0 Å². The lowest BCUT2D eigenvalue weighted by Crippen LogP contribution is -2.08. The van der Waals surface area contributed by atoms with Gasteiger partial charge in [-0.25, -0.2) is 4.99 Å². The van der Waals surface area contributed by atoms with Crippen molar-refractivity contribution in [2.45, 2.75) is 12.1 Å². The fourth-order valence-corrected chi connectivity index (χ4v) is 2.88. The molecule has 114 valence electrons. The van der Waals surface area contributed by atoms with Gasteiger partial charge in [0.15, 0.2) is 6.10 Å². The molecule has 0 saturated carbocycles. The predicted molar refractivity (Wildman–Crippen MR) is 89.2 cm³/mol. The van der Waals surface area contributed by atoms with Gasteiger partial charge < -0.3 is 4.74 Å². The molecule has 2 heterocycles. The van der Waals surface area contributed by atoms with Crippen molar-refractivity contribution in [3.8, 4) is 0 Å². The minimum atomic E-state index is -0.117. The maximum atomic E-state index is 6.21. The van der Waals surface area contributed by atoms with E-state index in [0.717, 1.165) is 16.7 Å². The maximum Gasteiger partial charge on any atom is 0.220 e. The first-order valence-electron chi connectivity index (χ1n) is 7.64. The Balaban J connectivity index is 1.75. The summed E-state index contributed by atoms with van der Waals surface area (Å²) in [6, 6.07) is 20.5. The molecule has 0 aliphatic carbocycles. The zero-order valence-corrected chi connectivity index (χ0v) is 12.8. The second kappa shape index (κ2) is 5.72. The van der Waals surface area contributed by atoms with Crippen molar-refractivity contribution in [3.63, 3.8) is 0 Å². The van der Waals surface area contributed by atoms with E-state index in [2.05, 4.69) is 29.4 Å². The van der Waals surface area contributed by atoms with E-state index in [1.54, 1.807) is 10.9 Å². The smallest absolute Gasteiger partial charge is 0.220 e. The Morgan fingerprint density at radius 1 is 0.913 bits per heavy atom. The lowest BCUT2D eigenvalue weighted by atomic mass is 9.97. The van der Waals surface area contributed by atoms with Crippen LogP contribution in [0.5, 0.6) is 0 Å². The number of hydrogen-bond acceptors (Lipinski definition) is 3. The molecule has 3 aromatic rings. The molecule has 4 nitrogen and oxygen atoms in total. The minimum absolute atomic E-state index is 0.0474. The number of nitrogens with zero attached hydrogens (tertiary/aromatic N) is 3. The average molecular weight is 303 g/mol. The summed E-state index contributed by atoms with van der Waals surface area (Å²) in [5.41, 5.74) is 3.19. The van der Waals surface area contributed by atoms with Gasteiger partial charge in [0.2, 0.25) is 5.90 Å². The third-order valence-corrected chi connectivity index (χ3v) is 4.00. The first-order valence-corrected chi connectivity index (χ1v) is 7.64. The van der Waals surface area contributed by atoms with E-state index in [9.17, 15) is 0 Å². The van der Waals surface area contributed by atoms with E-state index in [1.807, 2.05) is 49.6 Å². The molecule has 2 unspecified atom stereocenters. The third kappa shape index (κ3) is 2.63. The second-order valence-corrected chi connectivity index (χ2v) is 5.64. The van der Waals surface area contributed by atoms with Crippen LogP contribution in [0.4, 0.5) is 0 Å². The zero-order chi connectivity index (χ0) is 15.6. The van der Waals surface area contributed by atoms with Crippen LogP contribution in [0.15, 0.2) is 78.0 Å². The molecule has 1 aliphatic rings. The van der Waals surface area contributed by atoms with Crippen LogP contribution in [-0.4, -0.2) is 15.7 Å². The number of aliphatic imine (C=N–C) groups is 1. The summed E-state index contributed by atoms with van der Waals surface area (Å²) >= 11 is 0. The monoisotopic (exact) mass is 303 g/mol. The van der Waals surface area contributed by atoms with Gasteiger partial charge in [-0.3, -0.25) is 4.68 Å². The van der Waals surface area contributed by atoms with Crippen LogP contribution >= 0.6 is 0 Å². The Bertz CT molecular complexity index is 824. The molecule has 4 heteroatoms. The van der Waals surface area contributed by atoms with E-state index in [1.165, 1.54) is 0 Å². The Kier molecular flexibility index (Phi) is 3.42. The van der Waals surface area contributed by atoms with Crippen LogP contribution in [0.1, 0.15) is 28.8 Å². The molecule has 2 aromatic carbocycles. The molecule has 1 aliphatic heterocycles. The maximum absolute atomic E-state index is 6.21. The topological polar surface area (TPSA) is 39.4 Å². The number of benzene rings is 2. The summed E-state index contributed by atoms with van der Waals surface area (Å²) in [7, 11) is 1.89. The van der Waals surface area contributed by atoms with Gasteiger partial charge in [-0.15, -0.1) is 0 Å². The highest BCUT2D eigenvalue weighted by atomic mass is 16.5. The first-order chi connectivity index (χ1) is 11.3. The van der Waals surface area contributed by atoms with Crippen LogP contribution in [0.3, 0.4) is 0 Å². The SMILES string of the molecule is Cn1cc(C2=NC(c3ccccc3)C(c3ccccc3)O2)cn1. The predicted octanol–water partition coefficient (Wildman–Crippen LogP) is 3.68. The third-order valence-electron chi connectivity index (χ3n) is 4.00. The van der Waals surface area contributed by atoms with Crippen molar-refractivity contribution >= 4 is 5.90 Å². The summed E-state index contributed by atoms with van der Waals surface area (Å²) in [6.45, 7) is 0. The molecule has 0 amide bonds. The van der Waals surface area contributed by atoms with Crippen LogP contribution in [0.2, 0.25) is 0 Å². The van der Waals surface area contributed by atoms with Gasteiger partial charge in [-0.2, -0.15) is 5.10 Å². The molecule has 1 aromatic heterocycles. The lowest BCUT2D eigenvalue weighted by Gasteiger charge is -2.18. The highest BCUT2D eigenvalue weighted by molar-refractivity contribution is 5.95. The van der Waals surface area contributed by atoms with Crippen molar-refractivity contribution < 1.29 is 4.74 Å². The number of hydrogen-bond donors (Lipinski definition) is 0. The van der Waals surface area contributed by atoms with Gasteiger partial charge in [-0.05, 0) is 11.1 Å². The standard InChI is InChI=1S/C19H17N3O/c1-22-13-16(12-20-22)19-21-17(14-8-4-2-5-9-14)18(23-19)15-10-6-3-7-11-15/h2-13,17-18H,1H3. The number of aryl methyl sites for hydroxylation is 1. The van der Waals surface area contributed by atoms with E-state index in [0.29, 0.717) is 5.90 Å². The van der Waals surface area contributed by atoms with Crippen molar-refractivity contribution in [2.75, 3.05) is 0 Å². The molecule has 0 radical (unpaired) electrons.